The average molecular weight is 388 g/mol. The predicted molar refractivity (Wildman–Crippen MR) is 117 cm³/mol. The number of carbonyl (C=O) groups is 1. The van der Waals surface area contributed by atoms with Gasteiger partial charge in [0.1, 0.15) is 0 Å². The van der Waals surface area contributed by atoms with Crippen LogP contribution in [-0.2, 0) is 11.8 Å². The Hall–Kier alpha value is -2.85. The van der Waals surface area contributed by atoms with Gasteiger partial charge in [-0.2, -0.15) is 0 Å². The highest BCUT2D eigenvalue weighted by Crippen LogP contribution is 2.31. The standard InChI is InChI=1S/C25H29N3O/c1-19(20-12-14-22(15-13-20)21-8-4-3-5-9-21)26-25(29)18-28-17-7-11-24(28)23-10-6-16-27(23)2/h3-6,8-10,12-16,19,24H,7,11,17-18H2,1-2H3,(H,26,29)/t19-,24-/m0/s1. The monoisotopic (exact) mass is 387 g/mol. The molecule has 1 fully saturated rings. The van der Waals surface area contributed by atoms with E-state index in [4.69, 9.17) is 0 Å². The zero-order valence-corrected chi connectivity index (χ0v) is 17.2. The highest BCUT2D eigenvalue weighted by Gasteiger charge is 2.29. The molecule has 1 saturated heterocycles. The fourth-order valence-electron chi connectivity index (χ4n) is 4.32. The minimum Gasteiger partial charge on any atom is -0.353 e. The molecule has 150 valence electrons. The van der Waals surface area contributed by atoms with Gasteiger partial charge in [-0.3, -0.25) is 9.69 Å². The van der Waals surface area contributed by atoms with Crippen LogP contribution >= 0.6 is 0 Å². The maximum Gasteiger partial charge on any atom is 0.234 e. The van der Waals surface area contributed by atoms with E-state index >= 15 is 0 Å². The largest absolute Gasteiger partial charge is 0.353 e. The lowest BCUT2D eigenvalue weighted by atomic mass is 10.0. The number of benzene rings is 2. The SMILES string of the molecule is C[C@H](NC(=O)CN1CCC[C@H]1c1cccn1C)c1ccc(-c2ccccc2)cc1. The summed E-state index contributed by atoms with van der Waals surface area (Å²) in [5.74, 6) is 0.0887. The maximum atomic E-state index is 12.7. The van der Waals surface area contributed by atoms with Crippen molar-refractivity contribution >= 4 is 5.91 Å². The van der Waals surface area contributed by atoms with Crippen LogP contribution in [0.1, 0.15) is 43.1 Å². The molecule has 2 atom stereocenters. The van der Waals surface area contributed by atoms with E-state index in [1.54, 1.807) is 0 Å². The summed E-state index contributed by atoms with van der Waals surface area (Å²) < 4.78 is 2.16. The van der Waals surface area contributed by atoms with Crippen molar-refractivity contribution in [3.05, 3.63) is 84.2 Å². The summed E-state index contributed by atoms with van der Waals surface area (Å²) in [5.41, 5.74) is 4.81. The lowest BCUT2D eigenvalue weighted by Gasteiger charge is -2.25. The maximum absolute atomic E-state index is 12.7. The van der Waals surface area contributed by atoms with Crippen LogP contribution in [0.2, 0.25) is 0 Å². The van der Waals surface area contributed by atoms with Crippen LogP contribution in [0.5, 0.6) is 0 Å². The van der Waals surface area contributed by atoms with Crippen molar-refractivity contribution in [2.24, 2.45) is 7.05 Å². The summed E-state index contributed by atoms with van der Waals surface area (Å²) in [4.78, 5) is 15.0. The van der Waals surface area contributed by atoms with Crippen LogP contribution in [0.4, 0.5) is 0 Å². The summed E-state index contributed by atoms with van der Waals surface area (Å²) >= 11 is 0. The summed E-state index contributed by atoms with van der Waals surface area (Å²) in [6.45, 7) is 3.47. The zero-order chi connectivity index (χ0) is 20.2. The van der Waals surface area contributed by atoms with Gasteiger partial charge in [-0.1, -0.05) is 54.6 Å². The number of hydrogen-bond donors (Lipinski definition) is 1. The molecule has 3 aromatic rings. The number of nitrogens with zero attached hydrogens (tertiary/aromatic N) is 2. The molecule has 0 spiro atoms. The Kier molecular flexibility index (Phi) is 5.81. The Balaban J connectivity index is 1.36. The molecule has 1 aromatic heterocycles. The van der Waals surface area contributed by atoms with Gasteiger partial charge >= 0.3 is 0 Å². The Bertz CT molecular complexity index is 946. The Morgan fingerprint density at radius 3 is 2.45 bits per heavy atom. The second-order valence-electron chi connectivity index (χ2n) is 7.95. The molecule has 2 aromatic carbocycles. The van der Waals surface area contributed by atoms with Crippen LogP contribution < -0.4 is 5.32 Å². The first kappa shape index (κ1) is 19.5. The minimum absolute atomic E-state index is 0.0107. The van der Waals surface area contributed by atoms with Crippen molar-refractivity contribution in [1.29, 1.82) is 0 Å². The number of nitrogens with one attached hydrogen (secondary N) is 1. The van der Waals surface area contributed by atoms with Crippen LogP contribution in [0, 0.1) is 0 Å². The molecule has 0 radical (unpaired) electrons. The molecular weight excluding hydrogens is 358 g/mol. The number of rotatable bonds is 6. The minimum atomic E-state index is -0.0107. The van der Waals surface area contributed by atoms with Crippen molar-refractivity contribution in [2.45, 2.75) is 31.8 Å². The fraction of sp³-hybridized carbons (Fsp3) is 0.320. The van der Waals surface area contributed by atoms with E-state index < -0.39 is 0 Å². The fourth-order valence-corrected chi connectivity index (χ4v) is 4.32. The molecule has 4 nitrogen and oxygen atoms in total. The third kappa shape index (κ3) is 4.43. The predicted octanol–water partition coefficient (Wildman–Crippen LogP) is 4.71. The Labute approximate surface area is 173 Å². The number of likely N-dealkylation sites (tertiary alicyclic amines) is 1. The average Bonchev–Trinajstić information content (AvgIpc) is 3.37. The molecule has 2 heterocycles. The smallest absolute Gasteiger partial charge is 0.234 e. The summed E-state index contributed by atoms with van der Waals surface area (Å²) in [6, 6.07) is 23.4. The highest BCUT2D eigenvalue weighted by atomic mass is 16.2. The van der Waals surface area contributed by atoms with Crippen LogP contribution in [-0.4, -0.2) is 28.5 Å². The lowest BCUT2D eigenvalue weighted by molar-refractivity contribution is -0.123. The molecular formula is C25H29N3O. The third-order valence-corrected chi connectivity index (χ3v) is 5.93. The number of aryl methyl sites for hydroxylation is 1. The van der Waals surface area contributed by atoms with E-state index in [0.717, 1.165) is 24.9 Å². The van der Waals surface area contributed by atoms with Gasteiger partial charge in [0.05, 0.1) is 18.6 Å². The molecule has 29 heavy (non-hydrogen) atoms. The van der Waals surface area contributed by atoms with Crippen molar-refractivity contribution < 1.29 is 4.79 Å². The van der Waals surface area contributed by atoms with Crippen molar-refractivity contribution in [1.82, 2.24) is 14.8 Å². The van der Waals surface area contributed by atoms with Crippen LogP contribution in [0.15, 0.2) is 72.9 Å². The molecule has 4 rings (SSSR count). The van der Waals surface area contributed by atoms with Gasteiger partial charge in [0, 0.05) is 18.9 Å². The van der Waals surface area contributed by atoms with E-state index in [9.17, 15) is 4.79 Å². The number of carbonyl (C=O) groups excluding carboxylic acids is 1. The van der Waals surface area contributed by atoms with Gasteiger partial charge in [0.25, 0.3) is 0 Å². The number of amides is 1. The zero-order valence-electron chi connectivity index (χ0n) is 17.2. The van der Waals surface area contributed by atoms with Crippen LogP contribution in [0.25, 0.3) is 11.1 Å². The normalized spacial score (nSPS) is 17.9. The number of aromatic nitrogens is 1. The third-order valence-electron chi connectivity index (χ3n) is 5.93. The van der Waals surface area contributed by atoms with Crippen molar-refractivity contribution in [3.63, 3.8) is 0 Å². The summed E-state index contributed by atoms with van der Waals surface area (Å²) in [7, 11) is 2.08. The van der Waals surface area contributed by atoms with E-state index in [-0.39, 0.29) is 11.9 Å². The van der Waals surface area contributed by atoms with E-state index in [2.05, 4.69) is 76.6 Å². The molecule has 0 saturated carbocycles. The highest BCUT2D eigenvalue weighted by molar-refractivity contribution is 5.78. The Morgan fingerprint density at radius 1 is 1.03 bits per heavy atom. The second kappa shape index (κ2) is 8.66. The molecule has 0 unspecified atom stereocenters. The van der Waals surface area contributed by atoms with Gasteiger partial charge in [-0.05, 0) is 55.1 Å². The molecule has 1 aliphatic heterocycles. The quantitative estimate of drug-likeness (QED) is 0.665. The first-order chi connectivity index (χ1) is 14.1. The molecule has 1 amide bonds. The van der Waals surface area contributed by atoms with E-state index in [0.29, 0.717) is 12.6 Å². The van der Waals surface area contributed by atoms with Gasteiger partial charge < -0.3 is 9.88 Å². The number of hydrogen-bond acceptors (Lipinski definition) is 2. The summed E-state index contributed by atoms with van der Waals surface area (Å²) in [6.07, 6.45) is 4.33. The van der Waals surface area contributed by atoms with Crippen molar-refractivity contribution in [2.75, 3.05) is 13.1 Å². The van der Waals surface area contributed by atoms with Gasteiger partial charge in [-0.15, -0.1) is 0 Å². The first-order valence-electron chi connectivity index (χ1n) is 10.4. The molecule has 0 aliphatic carbocycles. The van der Waals surface area contributed by atoms with E-state index in [1.165, 1.54) is 16.8 Å². The van der Waals surface area contributed by atoms with Gasteiger partial charge in [0.15, 0.2) is 0 Å². The lowest BCUT2D eigenvalue weighted by Crippen LogP contribution is -2.38. The molecule has 4 heteroatoms. The molecule has 1 aliphatic rings. The topological polar surface area (TPSA) is 37.3 Å². The summed E-state index contributed by atoms with van der Waals surface area (Å²) in [5, 5.41) is 3.18. The van der Waals surface area contributed by atoms with Crippen molar-refractivity contribution in [3.8, 4) is 11.1 Å². The van der Waals surface area contributed by atoms with Gasteiger partial charge in [0.2, 0.25) is 5.91 Å². The van der Waals surface area contributed by atoms with Gasteiger partial charge in [-0.25, -0.2) is 0 Å². The molecule has 1 N–H and O–H groups in total. The second-order valence-corrected chi connectivity index (χ2v) is 7.95. The Morgan fingerprint density at radius 2 is 1.76 bits per heavy atom. The van der Waals surface area contributed by atoms with E-state index in [1.807, 2.05) is 25.1 Å². The van der Waals surface area contributed by atoms with Crippen LogP contribution in [0.3, 0.4) is 0 Å². The molecule has 0 bridgehead atoms. The first-order valence-corrected chi connectivity index (χ1v) is 10.4.